The lowest BCUT2D eigenvalue weighted by atomic mass is 10.0. The average Bonchev–Trinajstić information content (AvgIpc) is 3.39. The molecule has 5 rings (SSSR count). The van der Waals surface area contributed by atoms with E-state index in [1.807, 2.05) is 87.5 Å². The Morgan fingerprint density at radius 3 is 2.21 bits per heavy atom. The van der Waals surface area contributed by atoms with Gasteiger partial charge in [0.1, 0.15) is 5.76 Å². The van der Waals surface area contributed by atoms with Gasteiger partial charge in [-0.25, -0.2) is 4.98 Å². The molecule has 0 spiro atoms. The van der Waals surface area contributed by atoms with Gasteiger partial charge in [-0.05, 0) is 39.0 Å². The molecular formula is C26H22N4O3. The molecule has 0 saturated carbocycles. The van der Waals surface area contributed by atoms with Crippen LogP contribution in [0, 0.1) is 20.8 Å². The van der Waals surface area contributed by atoms with E-state index < -0.39 is 0 Å². The molecule has 0 aliphatic carbocycles. The number of anilines is 1. The van der Waals surface area contributed by atoms with Crippen molar-refractivity contribution in [3.05, 3.63) is 95.0 Å². The standard InChI is InChI=1S/C26H22N4O3/c1-16-22(18(3)32-28-16)15-30(20-12-8-5-9-13-20)26(31)21-14-23(19-10-6-4-7-11-19)27-25-24(21)17(2)29-33-25/h4-14H,15H2,1-3H3. The minimum atomic E-state index is -0.183. The summed E-state index contributed by atoms with van der Waals surface area (Å²) in [5.41, 5.74) is 5.37. The van der Waals surface area contributed by atoms with Gasteiger partial charge in [-0.3, -0.25) is 4.79 Å². The number of hydrogen-bond donors (Lipinski definition) is 0. The van der Waals surface area contributed by atoms with Gasteiger partial charge in [0.15, 0.2) is 0 Å². The Kier molecular flexibility index (Phi) is 5.22. The molecule has 1 amide bonds. The molecule has 2 aromatic carbocycles. The molecule has 0 aliphatic rings. The molecule has 0 saturated heterocycles. The summed E-state index contributed by atoms with van der Waals surface area (Å²) in [5.74, 6) is 0.504. The minimum Gasteiger partial charge on any atom is -0.361 e. The van der Waals surface area contributed by atoms with Gasteiger partial charge in [0.25, 0.3) is 11.6 Å². The van der Waals surface area contributed by atoms with Gasteiger partial charge in [-0.1, -0.05) is 58.8 Å². The molecule has 0 unspecified atom stereocenters. The summed E-state index contributed by atoms with van der Waals surface area (Å²) in [7, 11) is 0. The van der Waals surface area contributed by atoms with E-state index >= 15 is 0 Å². The normalized spacial score (nSPS) is 11.1. The van der Waals surface area contributed by atoms with Gasteiger partial charge in [0.2, 0.25) is 0 Å². The lowest BCUT2D eigenvalue weighted by Gasteiger charge is -2.23. The molecule has 5 aromatic rings. The summed E-state index contributed by atoms with van der Waals surface area (Å²) >= 11 is 0. The Hall–Kier alpha value is -4.26. The maximum absolute atomic E-state index is 14.1. The first-order valence-corrected chi connectivity index (χ1v) is 10.6. The van der Waals surface area contributed by atoms with Crippen LogP contribution in [-0.4, -0.2) is 21.2 Å². The maximum Gasteiger partial charge on any atom is 0.259 e. The largest absolute Gasteiger partial charge is 0.361 e. The van der Waals surface area contributed by atoms with E-state index in [0.29, 0.717) is 40.4 Å². The molecule has 3 aromatic heterocycles. The van der Waals surface area contributed by atoms with Crippen molar-refractivity contribution >= 4 is 22.7 Å². The number of amides is 1. The van der Waals surface area contributed by atoms with Gasteiger partial charge in [-0.2, -0.15) is 0 Å². The number of hydrogen-bond acceptors (Lipinski definition) is 6. The number of fused-ring (bicyclic) bond motifs is 1. The second-order valence-electron chi connectivity index (χ2n) is 7.90. The molecule has 33 heavy (non-hydrogen) atoms. The number of carbonyl (C=O) groups excluding carboxylic acids is 1. The molecule has 0 N–H and O–H groups in total. The third kappa shape index (κ3) is 3.78. The van der Waals surface area contributed by atoms with Crippen molar-refractivity contribution in [3.63, 3.8) is 0 Å². The van der Waals surface area contributed by atoms with Gasteiger partial charge >= 0.3 is 0 Å². The number of para-hydroxylation sites is 1. The predicted octanol–water partition coefficient (Wildman–Crippen LogP) is 5.65. The van der Waals surface area contributed by atoms with E-state index in [9.17, 15) is 4.79 Å². The van der Waals surface area contributed by atoms with Gasteiger partial charge in [0, 0.05) is 16.8 Å². The van der Waals surface area contributed by atoms with Crippen LogP contribution < -0.4 is 4.90 Å². The predicted molar refractivity (Wildman–Crippen MR) is 125 cm³/mol. The van der Waals surface area contributed by atoms with Crippen molar-refractivity contribution in [1.82, 2.24) is 15.3 Å². The zero-order valence-electron chi connectivity index (χ0n) is 18.6. The molecule has 0 atom stereocenters. The number of pyridine rings is 1. The fourth-order valence-electron chi connectivity index (χ4n) is 3.94. The first-order valence-electron chi connectivity index (χ1n) is 10.6. The van der Waals surface area contributed by atoms with Crippen molar-refractivity contribution < 1.29 is 13.8 Å². The van der Waals surface area contributed by atoms with Crippen LogP contribution in [0.3, 0.4) is 0 Å². The number of nitrogens with zero attached hydrogens (tertiary/aromatic N) is 4. The summed E-state index contributed by atoms with van der Waals surface area (Å²) < 4.78 is 10.8. The van der Waals surface area contributed by atoms with E-state index in [1.54, 1.807) is 4.90 Å². The smallest absolute Gasteiger partial charge is 0.259 e. The van der Waals surface area contributed by atoms with Crippen LogP contribution in [-0.2, 0) is 6.54 Å². The fraction of sp³-hybridized carbons (Fsp3) is 0.154. The van der Waals surface area contributed by atoms with Crippen molar-refractivity contribution in [2.45, 2.75) is 27.3 Å². The lowest BCUT2D eigenvalue weighted by molar-refractivity contribution is 0.0986. The van der Waals surface area contributed by atoms with Crippen molar-refractivity contribution in [3.8, 4) is 11.3 Å². The first-order chi connectivity index (χ1) is 16.0. The van der Waals surface area contributed by atoms with Crippen LogP contribution in [0.25, 0.3) is 22.4 Å². The van der Waals surface area contributed by atoms with E-state index in [1.165, 1.54) is 0 Å². The highest BCUT2D eigenvalue weighted by Crippen LogP contribution is 2.30. The quantitative estimate of drug-likeness (QED) is 0.352. The minimum absolute atomic E-state index is 0.183. The zero-order chi connectivity index (χ0) is 22.9. The average molecular weight is 438 g/mol. The zero-order valence-corrected chi connectivity index (χ0v) is 18.6. The van der Waals surface area contributed by atoms with Crippen LogP contribution in [0.15, 0.2) is 75.8 Å². The topological polar surface area (TPSA) is 85.3 Å². The second kappa shape index (κ2) is 8.35. The summed E-state index contributed by atoms with van der Waals surface area (Å²) in [6.07, 6.45) is 0. The Bertz CT molecular complexity index is 1420. The summed E-state index contributed by atoms with van der Waals surface area (Å²) in [5, 5.41) is 8.74. The third-order valence-electron chi connectivity index (χ3n) is 5.73. The van der Waals surface area contributed by atoms with Crippen LogP contribution in [0.2, 0.25) is 0 Å². The number of aromatic nitrogens is 3. The molecule has 164 valence electrons. The number of rotatable bonds is 5. The third-order valence-corrected chi connectivity index (χ3v) is 5.73. The molecule has 0 aliphatic heterocycles. The highest BCUT2D eigenvalue weighted by molar-refractivity contribution is 6.14. The van der Waals surface area contributed by atoms with Crippen LogP contribution in [0.1, 0.15) is 33.1 Å². The SMILES string of the molecule is Cc1noc(C)c1CN(C(=O)c1cc(-c2ccccc2)nc2onc(C)c12)c1ccccc1. The fourth-order valence-corrected chi connectivity index (χ4v) is 3.94. The molecular weight excluding hydrogens is 416 g/mol. The van der Waals surface area contributed by atoms with Crippen LogP contribution in [0.5, 0.6) is 0 Å². The van der Waals surface area contributed by atoms with E-state index in [2.05, 4.69) is 15.3 Å². The number of aryl methyl sites for hydroxylation is 3. The van der Waals surface area contributed by atoms with E-state index in [0.717, 1.165) is 22.5 Å². The Labute approximate surface area is 190 Å². The lowest BCUT2D eigenvalue weighted by Crippen LogP contribution is -2.31. The molecule has 0 fully saturated rings. The van der Waals surface area contributed by atoms with Crippen LogP contribution in [0.4, 0.5) is 5.69 Å². The van der Waals surface area contributed by atoms with E-state index in [4.69, 9.17) is 9.05 Å². The van der Waals surface area contributed by atoms with Crippen molar-refractivity contribution in [1.29, 1.82) is 0 Å². The molecule has 7 heteroatoms. The number of carbonyl (C=O) groups is 1. The monoisotopic (exact) mass is 438 g/mol. The maximum atomic E-state index is 14.1. The second-order valence-corrected chi connectivity index (χ2v) is 7.90. The van der Waals surface area contributed by atoms with Crippen molar-refractivity contribution in [2.75, 3.05) is 4.90 Å². The van der Waals surface area contributed by atoms with Crippen LogP contribution >= 0.6 is 0 Å². The molecule has 3 heterocycles. The van der Waals surface area contributed by atoms with Gasteiger partial charge < -0.3 is 13.9 Å². The molecule has 7 nitrogen and oxygen atoms in total. The Morgan fingerprint density at radius 1 is 0.879 bits per heavy atom. The first kappa shape index (κ1) is 20.6. The summed E-state index contributed by atoms with van der Waals surface area (Å²) in [6, 6.07) is 21.1. The number of benzene rings is 2. The van der Waals surface area contributed by atoms with E-state index in [-0.39, 0.29) is 5.91 Å². The van der Waals surface area contributed by atoms with Crippen molar-refractivity contribution in [2.24, 2.45) is 0 Å². The molecule has 0 radical (unpaired) electrons. The van der Waals surface area contributed by atoms with Gasteiger partial charge in [0.05, 0.1) is 34.6 Å². The van der Waals surface area contributed by atoms with Gasteiger partial charge in [-0.15, -0.1) is 0 Å². The summed E-state index contributed by atoms with van der Waals surface area (Å²) in [6.45, 7) is 5.86. The Balaban J connectivity index is 1.68. The highest BCUT2D eigenvalue weighted by atomic mass is 16.5. The summed E-state index contributed by atoms with van der Waals surface area (Å²) in [4.78, 5) is 20.5. The highest BCUT2D eigenvalue weighted by Gasteiger charge is 2.26. The Morgan fingerprint density at radius 2 is 1.55 bits per heavy atom. The molecule has 0 bridgehead atoms.